The second-order valence-electron chi connectivity index (χ2n) is 10.9. The van der Waals surface area contributed by atoms with Crippen molar-refractivity contribution in [3.63, 3.8) is 0 Å². The van der Waals surface area contributed by atoms with Crippen LogP contribution in [0.25, 0.3) is 22.2 Å². The third-order valence-electron chi connectivity index (χ3n) is 7.87. The van der Waals surface area contributed by atoms with Crippen LogP contribution in [0, 0.1) is 11.7 Å². The number of anilines is 3. The number of methoxy groups -OCH3 is 1. The van der Waals surface area contributed by atoms with Gasteiger partial charge >= 0.3 is 0 Å². The van der Waals surface area contributed by atoms with E-state index in [1.165, 1.54) is 49.3 Å². The van der Waals surface area contributed by atoms with Crippen LogP contribution >= 0.6 is 0 Å². The molecule has 6 rings (SSSR count). The molecule has 222 valence electrons. The maximum absolute atomic E-state index is 14.0. The average Bonchev–Trinajstić information content (AvgIpc) is 3.41. The van der Waals surface area contributed by atoms with Gasteiger partial charge in [-0.2, -0.15) is 0 Å². The summed E-state index contributed by atoms with van der Waals surface area (Å²) in [5.74, 6) is 0.525. The van der Waals surface area contributed by atoms with Gasteiger partial charge < -0.3 is 19.5 Å². The van der Waals surface area contributed by atoms with E-state index in [4.69, 9.17) is 4.74 Å². The minimum atomic E-state index is -3.98. The van der Waals surface area contributed by atoms with E-state index in [-0.39, 0.29) is 10.6 Å². The molecule has 5 aromatic rings. The predicted octanol–water partition coefficient (Wildman–Crippen LogP) is 6.13. The van der Waals surface area contributed by atoms with E-state index in [2.05, 4.69) is 67.0 Å². The largest absolute Gasteiger partial charge is 0.494 e. The predicted molar refractivity (Wildman–Crippen MR) is 167 cm³/mol. The summed E-state index contributed by atoms with van der Waals surface area (Å²) < 4.78 is 49.2. The molecule has 0 radical (unpaired) electrons. The first-order chi connectivity index (χ1) is 20.8. The Morgan fingerprint density at radius 2 is 1.72 bits per heavy atom. The number of benzene rings is 3. The molecule has 2 aromatic heterocycles. The molecule has 0 amide bonds. The lowest BCUT2D eigenvalue weighted by Crippen LogP contribution is -2.31. The lowest BCUT2D eigenvalue weighted by atomic mass is 9.97. The molecule has 1 fully saturated rings. The Kier molecular flexibility index (Phi) is 8.00. The summed E-state index contributed by atoms with van der Waals surface area (Å²) in [4.78, 5) is 11.0. The SMILES string of the molecule is COc1ccc(S(=O)(=O)Nc2ccc(Nc3cc(-c4ccc5c(ccn5CC5CCN(C)CC5)c4)ncn3)cc2)cc1F. The molecule has 3 aromatic carbocycles. The number of rotatable bonds is 9. The standard InChI is InChI=1S/C32H33FN6O3S/c1-38-14-11-22(12-15-38)20-39-16-13-24-17-23(3-9-30(24)39)29-19-32(35-21-34-29)36-25-4-6-26(7-5-25)37-43(40,41)27-8-10-31(42-2)28(33)18-27/h3-10,13,16-19,21-22,37H,11-12,14-15,20H2,1-2H3,(H,34,35,36). The number of hydrogen-bond acceptors (Lipinski definition) is 7. The number of piperidine rings is 1. The molecule has 3 heterocycles. The monoisotopic (exact) mass is 600 g/mol. The van der Waals surface area contributed by atoms with E-state index in [0.29, 0.717) is 23.1 Å². The third kappa shape index (κ3) is 6.47. The smallest absolute Gasteiger partial charge is 0.262 e. The van der Waals surface area contributed by atoms with Crippen molar-refractivity contribution in [1.82, 2.24) is 19.4 Å². The lowest BCUT2D eigenvalue weighted by molar-refractivity contribution is 0.206. The molecule has 9 nitrogen and oxygen atoms in total. The summed E-state index contributed by atoms with van der Waals surface area (Å²) in [7, 11) is -0.475. The molecule has 0 saturated carbocycles. The van der Waals surface area contributed by atoms with Crippen LogP contribution in [-0.2, 0) is 16.6 Å². The third-order valence-corrected chi connectivity index (χ3v) is 9.25. The molecule has 0 unspecified atom stereocenters. The highest BCUT2D eigenvalue weighted by Crippen LogP contribution is 2.28. The zero-order valence-corrected chi connectivity index (χ0v) is 24.8. The number of nitrogens with one attached hydrogen (secondary N) is 2. The van der Waals surface area contributed by atoms with E-state index >= 15 is 0 Å². The summed E-state index contributed by atoms with van der Waals surface area (Å²) in [5, 5.41) is 4.42. The molecule has 0 spiro atoms. The number of nitrogens with zero attached hydrogens (tertiary/aromatic N) is 4. The van der Waals surface area contributed by atoms with Crippen molar-refractivity contribution < 1.29 is 17.5 Å². The van der Waals surface area contributed by atoms with Crippen molar-refractivity contribution >= 4 is 38.1 Å². The van der Waals surface area contributed by atoms with E-state index < -0.39 is 15.8 Å². The minimum Gasteiger partial charge on any atom is -0.494 e. The molecule has 0 atom stereocenters. The zero-order chi connectivity index (χ0) is 30.0. The van der Waals surface area contributed by atoms with Gasteiger partial charge in [0, 0.05) is 46.6 Å². The van der Waals surface area contributed by atoms with Crippen LogP contribution < -0.4 is 14.8 Å². The molecule has 0 aliphatic carbocycles. The molecule has 1 aliphatic heterocycles. The summed E-state index contributed by atoms with van der Waals surface area (Å²) in [6.45, 7) is 3.36. The first-order valence-electron chi connectivity index (χ1n) is 14.1. The second-order valence-corrected chi connectivity index (χ2v) is 12.6. The maximum Gasteiger partial charge on any atom is 0.262 e. The highest BCUT2D eigenvalue weighted by Gasteiger charge is 2.19. The minimum absolute atomic E-state index is 0.0275. The van der Waals surface area contributed by atoms with Gasteiger partial charge in [-0.15, -0.1) is 0 Å². The molecule has 0 bridgehead atoms. The number of fused-ring (bicyclic) bond motifs is 1. The molecular weight excluding hydrogens is 567 g/mol. The number of aromatic nitrogens is 3. The summed E-state index contributed by atoms with van der Waals surface area (Å²) >= 11 is 0. The van der Waals surface area contributed by atoms with E-state index in [1.54, 1.807) is 24.3 Å². The average molecular weight is 601 g/mol. The van der Waals surface area contributed by atoms with Gasteiger partial charge in [0.05, 0.1) is 17.7 Å². The molecule has 1 saturated heterocycles. The van der Waals surface area contributed by atoms with Gasteiger partial charge in [-0.05, 0) is 99.6 Å². The number of hydrogen-bond donors (Lipinski definition) is 2. The second kappa shape index (κ2) is 12.0. The van der Waals surface area contributed by atoms with Crippen molar-refractivity contribution in [2.24, 2.45) is 5.92 Å². The van der Waals surface area contributed by atoms with Crippen LogP contribution in [0.15, 0.2) is 90.2 Å². The maximum atomic E-state index is 14.0. The van der Waals surface area contributed by atoms with Gasteiger partial charge in [-0.25, -0.2) is 22.8 Å². The first kappa shape index (κ1) is 28.6. The van der Waals surface area contributed by atoms with Crippen molar-refractivity contribution in [2.75, 3.05) is 37.3 Å². The van der Waals surface area contributed by atoms with Crippen molar-refractivity contribution in [1.29, 1.82) is 0 Å². The van der Waals surface area contributed by atoms with Crippen LogP contribution in [0.5, 0.6) is 5.75 Å². The van der Waals surface area contributed by atoms with Gasteiger partial charge in [0.1, 0.15) is 12.1 Å². The number of halogens is 1. The fourth-order valence-electron chi connectivity index (χ4n) is 5.42. The fourth-order valence-corrected chi connectivity index (χ4v) is 6.49. The summed E-state index contributed by atoms with van der Waals surface area (Å²) in [5.41, 5.74) is 4.06. The Morgan fingerprint density at radius 3 is 2.47 bits per heavy atom. The van der Waals surface area contributed by atoms with Gasteiger partial charge in [0.25, 0.3) is 10.0 Å². The molecule has 11 heteroatoms. The van der Waals surface area contributed by atoms with Gasteiger partial charge in [0.2, 0.25) is 0 Å². The quantitative estimate of drug-likeness (QED) is 0.210. The van der Waals surface area contributed by atoms with Crippen LogP contribution in [0.1, 0.15) is 12.8 Å². The molecule has 43 heavy (non-hydrogen) atoms. The normalized spacial score (nSPS) is 14.6. The Labute approximate surface area is 250 Å². The van der Waals surface area contributed by atoms with Gasteiger partial charge in [-0.1, -0.05) is 6.07 Å². The summed E-state index contributed by atoms with van der Waals surface area (Å²) in [6, 6.07) is 20.6. The van der Waals surface area contributed by atoms with Crippen molar-refractivity contribution in [3.05, 3.63) is 91.1 Å². The van der Waals surface area contributed by atoms with Crippen molar-refractivity contribution in [3.8, 4) is 17.0 Å². The van der Waals surface area contributed by atoms with E-state index in [9.17, 15) is 12.8 Å². The first-order valence-corrected chi connectivity index (χ1v) is 15.6. The number of sulfonamides is 1. The highest BCUT2D eigenvalue weighted by atomic mass is 32.2. The Morgan fingerprint density at radius 1 is 0.953 bits per heavy atom. The summed E-state index contributed by atoms with van der Waals surface area (Å²) in [6.07, 6.45) is 6.16. The lowest BCUT2D eigenvalue weighted by Gasteiger charge is -2.29. The van der Waals surface area contributed by atoms with Crippen molar-refractivity contribution in [2.45, 2.75) is 24.3 Å². The fraction of sp³-hybridized carbons (Fsp3) is 0.250. The molecule has 1 aliphatic rings. The van der Waals surface area contributed by atoms with Gasteiger partial charge in [-0.3, -0.25) is 4.72 Å². The van der Waals surface area contributed by atoms with Crippen LogP contribution in [-0.4, -0.2) is 55.1 Å². The van der Waals surface area contributed by atoms with Crippen LogP contribution in [0.3, 0.4) is 0 Å². The van der Waals surface area contributed by atoms with Crippen LogP contribution in [0.2, 0.25) is 0 Å². The molecular formula is C32H33FN6O3S. The Balaban J connectivity index is 1.12. The number of ether oxygens (including phenoxy) is 1. The highest BCUT2D eigenvalue weighted by molar-refractivity contribution is 7.92. The topological polar surface area (TPSA) is 101 Å². The molecule has 2 N–H and O–H groups in total. The Bertz CT molecular complexity index is 1850. The van der Waals surface area contributed by atoms with E-state index in [0.717, 1.165) is 37.0 Å². The van der Waals surface area contributed by atoms with Crippen LogP contribution in [0.4, 0.5) is 21.6 Å². The Hall–Kier alpha value is -4.48. The zero-order valence-electron chi connectivity index (χ0n) is 24.0. The number of likely N-dealkylation sites (tertiary alicyclic amines) is 1. The van der Waals surface area contributed by atoms with Gasteiger partial charge in [0.15, 0.2) is 11.6 Å². The van der Waals surface area contributed by atoms with E-state index in [1.807, 2.05) is 6.07 Å².